The van der Waals surface area contributed by atoms with E-state index < -0.39 is 5.97 Å². The number of piperidine rings is 1. The highest BCUT2D eigenvalue weighted by atomic mass is 16.5. The predicted molar refractivity (Wildman–Crippen MR) is 104 cm³/mol. The second-order valence-electron chi connectivity index (χ2n) is 6.86. The number of ether oxygens (including phenoxy) is 1. The second-order valence-corrected chi connectivity index (χ2v) is 6.86. The normalized spacial score (nSPS) is 19.4. The third-order valence-corrected chi connectivity index (χ3v) is 5.04. The first-order chi connectivity index (χ1) is 13.0. The van der Waals surface area contributed by atoms with Gasteiger partial charge in [0, 0.05) is 18.8 Å². The molecule has 0 bridgehead atoms. The SMILES string of the molecule is COc1ccc(Nc2ccccc2C(=O)N2CCC(C(=O)O)C(C)C2)cc1. The molecule has 2 unspecified atom stereocenters. The van der Waals surface area contributed by atoms with Gasteiger partial charge in [-0.1, -0.05) is 19.1 Å². The van der Waals surface area contributed by atoms with E-state index in [1.807, 2.05) is 49.4 Å². The Hall–Kier alpha value is -3.02. The molecule has 0 spiro atoms. The Labute approximate surface area is 158 Å². The number of anilines is 2. The van der Waals surface area contributed by atoms with Crippen LogP contribution in [0.1, 0.15) is 23.7 Å². The molecule has 0 saturated carbocycles. The number of carbonyl (C=O) groups excluding carboxylic acids is 1. The van der Waals surface area contributed by atoms with Gasteiger partial charge in [-0.3, -0.25) is 9.59 Å². The molecule has 2 atom stereocenters. The van der Waals surface area contributed by atoms with Gasteiger partial charge in [-0.05, 0) is 48.7 Å². The van der Waals surface area contributed by atoms with E-state index in [1.165, 1.54) is 0 Å². The predicted octanol–water partition coefficient (Wildman–Crippen LogP) is 3.62. The van der Waals surface area contributed by atoms with Gasteiger partial charge < -0.3 is 20.1 Å². The summed E-state index contributed by atoms with van der Waals surface area (Å²) in [4.78, 5) is 26.1. The first-order valence-corrected chi connectivity index (χ1v) is 9.01. The minimum atomic E-state index is -0.781. The molecule has 2 aromatic carbocycles. The lowest BCUT2D eigenvalue weighted by Crippen LogP contribution is -2.45. The van der Waals surface area contributed by atoms with Crippen LogP contribution >= 0.6 is 0 Å². The van der Waals surface area contributed by atoms with E-state index in [2.05, 4.69) is 5.32 Å². The summed E-state index contributed by atoms with van der Waals surface area (Å²) < 4.78 is 5.17. The van der Waals surface area contributed by atoms with E-state index in [-0.39, 0.29) is 17.7 Å². The molecule has 1 aliphatic rings. The molecule has 2 aromatic rings. The number of nitrogens with zero attached hydrogens (tertiary/aromatic N) is 1. The number of carboxylic acids is 1. The molecule has 0 aliphatic carbocycles. The summed E-state index contributed by atoms with van der Waals surface area (Å²) in [5, 5.41) is 12.6. The molecule has 0 radical (unpaired) electrons. The quantitative estimate of drug-likeness (QED) is 0.843. The Morgan fingerprint density at radius 1 is 1.15 bits per heavy atom. The number of aliphatic carboxylic acids is 1. The fourth-order valence-corrected chi connectivity index (χ4v) is 3.48. The monoisotopic (exact) mass is 368 g/mol. The number of amides is 1. The first kappa shape index (κ1) is 18.8. The van der Waals surface area contributed by atoms with Crippen molar-refractivity contribution in [2.45, 2.75) is 13.3 Å². The first-order valence-electron chi connectivity index (χ1n) is 9.01. The minimum absolute atomic E-state index is 0.0677. The zero-order valence-electron chi connectivity index (χ0n) is 15.5. The molecule has 1 aliphatic heterocycles. The number of carboxylic acid groups (broad SMARTS) is 1. The molecule has 1 fully saturated rings. The fraction of sp³-hybridized carbons (Fsp3) is 0.333. The Balaban J connectivity index is 1.77. The lowest BCUT2D eigenvalue weighted by molar-refractivity contribution is -0.145. The number of likely N-dealkylation sites (tertiary alicyclic amines) is 1. The van der Waals surface area contributed by atoms with Crippen molar-refractivity contribution >= 4 is 23.3 Å². The average molecular weight is 368 g/mol. The van der Waals surface area contributed by atoms with Gasteiger partial charge in [-0.25, -0.2) is 0 Å². The number of hydrogen-bond acceptors (Lipinski definition) is 4. The summed E-state index contributed by atoms with van der Waals surface area (Å²) in [7, 11) is 1.62. The summed E-state index contributed by atoms with van der Waals surface area (Å²) in [6.45, 7) is 2.80. The fourth-order valence-electron chi connectivity index (χ4n) is 3.48. The summed E-state index contributed by atoms with van der Waals surface area (Å²) in [6, 6.07) is 14.9. The van der Waals surface area contributed by atoms with Gasteiger partial charge in [0.05, 0.1) is 24.3 Å². The van der Waals surface area contributed by atoms with E-state index in [0.29, 0.717) is 25.1 Å². The van der Waals surface area contributed by atoms with Gasteiger partial charge >= 0.3 is 5.97 Å². The van der Waals surface area contributed by atoms with Crippen LogP contribution in [0.4, 0.5) is 11.4 Å². The molecule has 2 N–H and O–H groups in total. The molecule has 3 rings (SSSR count). The summed E-state index contributed by atoms with van der Waals surface area (Å²) in [5.74, 6) is -0.553. The minimum Gasteiger partial charge on any atom is -0.497 e. The number of carbonyl (C=O) groups is 2. The van der Waals surface area contributed by atoms with E-state index in [1.54, 1.807) is 18.1 Å². The number of nitrogens with one attached hydrogen (secondary N) is 1. The Morgan fingerprint density at radius 3 is 2.48 bits per heavy atom. The van der Waals surface area contributed by atoms with Crippen LogP contribution in [0.15, 0.2) is 48.5 Å². The largest absolute Gasteiger partial charge is 0.497 e. The van der Waals surface area contributed by atoms with Crippen LogP contribution in [0, 0.1) is 11.8 Å². The highest BCUT2D eigenvalue weighted by Gasteiger charge is 2.33. The van der Waals surface area contributed by atoms with Crippen LogP contribution in [-0.2, 0) is 4.79 Å². The summed E-state index contributed by atoms with van der Waals surface area (Å²) in [6.07, 6.45) is 0.482. The molecule has 1 heterocycles. The van der Waals surface area contributed by atoms with Crippen LogP contribution in [0.2, 0.25) is 0 Å². The van der Waals surface area contributed by atoms with Gasteiger partial charge in [0.2, 0.25) is 0 Å². The highest BCUT2D eigenvalue weighted by Crippen LogP contribution is 2.28. The lowest BCUT2D eigenvalue weighted by Gasteiger charge is -2.35. The van der Waals surface area contributed by atoms with E-state index in [9.17, 15) is 14.7 Å². The van der Waals surface area contributed by atoms with Gasteiger partial charge in [0.15, 0.2) is 0 Å². The van der Waals surface area contributed by atoms with Gasteiger partial charge in [0.25, 0.3) is 5.91 Å². The number of hydrogen-bond donors (Lipinski definition) is 2. The van der Waals surface area contributed by atoms with E-state index >= 15 is 0 Å². The van der Waals surface area contributed by atoms with Crippen molar-refractivity contribution in [3.63, 3.8) is 0 Å². The topological polar surface area (TPSA) is 78.9 Å². The van der Waals surface area contributed by atoms with Crippen LogP contribution in [0.25, 0.3) is 0 Å². The Kier molecular flexibility index (Phi) is 5.64. The van der Waals surface area contributed by atoms with Gasteiger partial charge in [0.1, 0.15) is 5.75 Å². The highest BCUT2D eigenvalue weighted by molar-refractivity contribution is 6.00. The smallest absolute Gasteiger partial charge is 0.306 e. The van der Waals surface area contributed by atoms with Crippen LogP contribution in [0.5, 0.6) is 5.75 Å². The number of rotatable bonds is 5. The van der Waals surface area contributed by atoms with Crippen molar-refractivity contribution in [3.05, 3.63) is 54.1 Å². The molecule has 1 amide bonds. The third kappa shape index (κ3) is 4.22. The molecule has 6 heteroatoms. The van der Waals surface area contributed by atoms with Crippen LogP contribution in [-0.4, -0.2) is 42.1 Å². The maximum atomic E-state index is 13.1. The van der Waals surface area contributed by atoms with E-state index in [4.69, 9.17) is 4.74 Å². The van der Waals surface area contributed by atoms with Crippen molar-refractivity contribution in [3.8, 4) is 5.75 Å². The Morgan fingerprint density at radius 2 is 1.85 bits per heavy atom. The molecular weight excluding hydrogens is 344 g/mol. The average Bonchev–Trinajstić information content (AvgIpc) is 2.68. The van der Waals surface area contributed by atoms with Crippen LogP contribution < -0.4 is 10.1 Å². The second kappa shape index (κ2) is 8.12. The van der Waals surface area contributed by atoms with Crippen molar-refractivity contribution < 1.29 is 19.4 Å². The molecule has 1 saturated heterocycles. The van der Waals surface area contributed by atoms with Crippen LogP contribution in [0.3, 0.4) is 0 Å². The maximum Gasteiger partial charge on any atom is 0.306 e. The zero-order chi connectivity index (χ0) is 19.4. The molecule has 6 nitrogen and oxygen atoms in total. The van der Waals surface area contributed by atoms with Gasteiger partial charge in [-0.15, -0.1) is 0 Å². The Bertz CT molecular complexity index is 819. The standard InChI is InChI=1S/C21H24N2O4/c1-14-13-23(12-11-17(14)21(25)26)20(24)18-5-3-4-6-19(18)22-15-7-9-16(27-2)10-8-15/h3-10,14,17,22H,11-13H2,1-2H3,(H,25,26). The van der Waals surface area contributed by atoms with Crippen molar-refractivity contribution in [2.75, 3.05) is 25.5 Å². The van der Waals surface area contributed by atoms with E-state index in [0.717, 1.165) is 17.1 Å². The third-order valence-electron chi connectivity index (χ3n) is 5.04. The summed E-state index contributed by atoms with van der Waals surface area (Å²) >= 11 is 0. The summed E-state index contributed by atoms with van der Waals surface area (Å²) in [5.41, 5.74) is 2.16. The number of para-hydroxylation sites is 1. The zero-order valence-corrected chi connectivity index (χ0v) is 15.5. The lowest BCUT2D eigenvalue weighted by atomic mass is 9.86. The number of benzene rings is 2. The molecule has 0 aromatic heterocycles. The van der Waals surface area contributed by atoms with Crippen molar-refractivity contribution in [1.82, 2.24) is 4.90 Å². The molecule has 27 heavy (non-hydrogen) atoms. The van der Waals surface area contributed by atoms with Crippen molar-refractivity contribution in [1.29, 1.82) is 0 Å². The van der Waals surface area contributed by atoms with Gasteiger partial charge in [-0.2, -0.15) is 0 Å². The molecular formula is C21H24N2O4. The number of methoxy groups -OCH3 is 1. The maximum absolute atomic E-state index is 13.1. The van der Waals surface area contributed by atoms with Crippen molar-refractivity contribution in [2.24, 2.45) is 11.8 Å². The molecule has 142 valence electrons.